The zero-order valence-corrected chi connectivity index (χ0v) is 10.6. The van der Waals surface area contributed by atoms with Crippen molar-refractivity contribution in [2.45, 2.75) is 18.5 Å². The average molecular weight is 269 g/mol. The second-order valence-electron chi connectivity index (χ2n) is 4.85. The molecule has 98 valence electrons. The first-order chi connectivity index (χ1) is 8.53. The van der Waals surface area contributed by atoms with Crippen LogP contribution in [0.4, 0.5) is 0 Å². The fraction of sp³-hybridized carbons (Fsp3) is 0.500. The van der Waals surface area contributed by atoms with E-state index in [1.165, 1.54) is 0 Å². The van der Waals surface area contributed by atoms with Gasteiger partial charge in [-0.25, -0.2) is 8.42 Å². The Morgan fingerprint density at radius 1 is 1.39 bits per heavy atom. The lowest BCUT2D eigenvalue weighted by Crippen LogP contribution is -2.34. The molecule has 2 N–H and O–H groups in total. The largest absolute Gasteiger partial charge is 0.508 e. The zero-order chi connectivity index (χ0) is 12.8. The van der Waals surface area contributed by atoms with Gasteiger partial charge in [-0.05, 0) is 18.6 Å². The molecular formula is C12H15NO4S. The fourth-order valence-corrected chi connectivity index (χ4v) is 4.23. The molecular weight excluding hydrogens is 254 g/mol. The summed E-state index contributed by atoms with van der Waals surface area (Å²) in [4.78, 5) is 0. The van der Waals surface area contributed by atoms with Crippen LogP contribution >= 0.6 is 0 Å². The number of hydrogen-bond donors (Lipinski definition) is 2. The van der Waals surface area contributed by atoms with Gasteiger partial charge in [0, 0.05) is 17.7 Å². The van der Waals surface area contributed by atoms with Gasteiger partial charge in [-0.3, -0.25) is 0 Å². The summed E-state index contributed by atoms with van der Waals surface area (Å²) in [6.45, 7) is 0.481. The van der Waals surface area contributed by atoms with Crippen LogP contribution in [0, 0.1) is 0 Å². The second-order valence-corrected chi connectivity index (χ2v) is 7.08. The monoisotopic (exact) mass is 269 g/mol. The molecule has 2 heterocycles. The van der Waals surface area contributed by atoms with E-state index in [-0.39, 0.29) is 29.3 Å². The number of rotatable bonds is 2. The predicted molar refractivity (Wildman–Crippen MR) is 66.5 cm³/mol. The van der Waals surface area contributed by atoms with Crippen molar-refractivity contribution in [2.75, 3.05) is 18.1 Å². The Bertz CT molecular complexity index is 569. The maximum atomic E-state index is 11.4. The third-order valence-corrected chi connectivity index (χ3v) is 5.22. The SMILES string of the molecule is O=S1(=O)CCC(NC2COc3cc(O)ccc32)C1. The van der Waals surface area contributed by atoms with Crippen LogP contribution in [0.15, 0.2) is 18.2 Å². The number of phenols is 1. The minimum atomic E-state index is -2.86. The lowest BCUT2D eigenvalue weighted by molar-refractivity contribution is 0.300. The van der Waals surface area contributed by atoms with Crippen LogP contribution in [-0.2, 0) is 9.84 Å². The summed E-state index contributed by atoms with van der Waals surface area (Å²) in [6.07, 6.45) is 0.659. The van der Waals surface area contributed by atoms with E-state index >= 15 is 0 Å². The highest BCUT2D eigenvalue weighted by atomic mass is 32.2. The van der Waals surface area contributed by atoms with Crippen LogP contribution in [0.2, 0.25) is 0 Å². The number of aromatic hydroxyl groups is 1. The lowest BCUT2D eigenvalue weighted by Gasteiger charge is -2.16. The summed E-state index contributed by atoms with van der Waals surface area (Å²) in [5.74, 6) is 1.32. The van der Waals surface area contributed by atoms with Crippen molar-refractivity contribution in [3.8, 4) is 11.5 Å². The molecule has 0 aromatic heterocycles. The Hall–Kier alpha value is -1.27. The molecule has 0 saturated carbocycles. The Morgan fingerprint density at radius 2 is 2.22 bits per heavy atom. The lowest BCUT2D eigenvalue weighted by atomic mass is 10.1. The highest BCUT2D eigenvalue weighted by Gasteiger charge is 2.32. The molecule has 2 aliphatic rings. The van der Waals surface area contributed by atoms with Crippen LogP contribution in [0.1, 0.15) is 18.0 Å². The van der Waals surface area contributed by atoms with Crippen LogP contribution in [0.25, 0.3) is 0 Å². The standard InChI is InChI=1S/C12H15NO4S/c14-9-1-2-10-11(6-17-12(10)5-9)13-8-3-4-18(15,16)7-8/h1-2,5,8,11,13-14H,3-4,6-7H2. The van der Waals surface area contributed by atoms with Crippen molar-refractivity contribution in [3.05, 3.63) is 23.8 Å². The van der Waals surface area contributed by atoms with Gasteiger partial charge in [0.1, 0.15) is 18.1 Å². The number of phenolic OH excluding ortho intramolecular Hbond substituents is 1. The summed E-state index contributed by atoms with van der Waals surface area (Å²) in [6, 6.07) is 5.04. The molecule has 0 aliphatic carbocycles. The van der Waals surface area contributed by atoms with Crippen molar-refractivity contribution in [2.24, 2.45) is 0 Å². The van der Waals surface area contributed by atoms with Gasteiger partial charge in [0.05, 0.1) is 17.5 Å². The zero-order valence-electron chi connectivity index (χ0n) is 9.80. The number of ether oxygens (including phenoxy) is 1. The van der Waals surface area contributed by atoms with Crippen LogP contribution in [-0.4, -0.2) is 37.7 Å². The molecule has 1 saturated heterocycles. The van der Waals surface area contributed by atoms with E-state index < -0.39 is 9.84 Å². The Balaban J connectivity index is 1.74. The summed E-state index contributed by atoms with van der Waals surface area (Å²) in [7, 11) is -2.86. The van der Waals surface area contributed by atoms with Crippen molar-refractivity contribution in [1.29, 1.82) is 0 Å². The third-order valence-electron chi connectivity index (χ3n) is 3.45. The smallest absolute Gasteiger partial charge is 0.151 e. The van der Waals surface area contributed by atoms with Gasteiger partial charge in [-0.15, -0.1) is 0 Å². The van der Waals surface area contributed by atoms with Crippen molar-refractivity contribution in [3.63, 3.8) is 0 Å². The van der Waals surface area contributed by atoms with E-state index in [2.05, 4.69) is 5.32 Å². The summed E-state index contributed by atoms with van der Waals surface area (Å²) >= 11 is 0. The minimum Gasteiger partial charge on any atom is -0.508 e. The molecule has 6 heteroatoms. The molecule has 2 atom stereocenters. The highest BCUT2D eigenvalue weighted by molar-refractivity contribution is 7.91. The quantitative estimate of drug-likeness (QED) is 0.822. The van der Waals surface area contributed by atoms with E-state index in [1.807, 2.05) is 6.07 Å². The fourth-order valence-electron chi connectivity index (χ4n) is 2.55. The molecule has 1 aromatic carbocycles. The van der Waals surface area contributed by atoms with Gasteiger partial charge in [-0.1, -0.05) is 0 Å². The second kappa shape index (κ2) is 4.13. The van der Waals surface area contributed by atoms with E-state index in [4.69, 9.17) is 4.74 Å². The normalized spacial score (nSPS) is 28.9. The average Bonchev–Trinajstić information content (AvgIpc) is 2.83. The highest BCUT2D eigenvalue weighted by Crippen LogP contribution is 2.35. The molecule has 0 amide bonds. The van der Waals surface area contributed by atoms with Crippen LogP contribution in [0.3, 0.4) is 0 Å². The first-order valence-corrected chi connectivity index (χ1v) is 7.78. The Labute approximate surface area is 106 Å². The summed E-state index contributed by atoms with van der Waals surface area (Å²) in [5.41, 5.74) is 0.983. The molecule has 18 heavy (non-hydrogen) atoms. The molecule has 2 unspecified atom stereocenters. The van der Waals surface area contributed by atoms with Crippen LogP contribution < -0.4 is 10.1 Å². The topological polar surface area (TPSA) is 75.6 Å². The third kappa shape index (κ3) is 2.18. The number of sulfone groups is 1. The maximum absolute atomic E-state index is 11.4. The summed E-state index contributed by atoms with van der Waals surface area (Å²) < 4.78 is 28.3. The first-order valence-electron chi connectivity index (χ1n) is 5.96. The first kappa shape index (κ1) is 11.8. The van der Waals surface area contributed by atoms with E-state index in [9.17, 15) is 13.5 Å². The van der Waals surface area contributed by atoms with Gasteiger partial charge in [-0.2, -0.15) is 0 Å². The number of nitrogens with one attached hydrogen (secondary N) is 1. The molecule has 0 radical (unpaired) electrons. The van der Waals surface area contributed by atoms with Gasteiger partial charge >= 0.3 is 0 Å². The Morgan fingerprint density at radius 3 is 2.94 bits per heavy atom. The van der Waals surface area contributed by atoms with Gasteiger partial charge in [0.2, 0.25) is 0 Å². The molecule has 5 nitrogen and oxygen atoms in total. The van der Waals surface area contributed by atoms with Crippen LogP contribution in [0.5, 0.6) is 11.5 Å². The van der Waals surface area contributed by atoms with Crippen molar-refractivity contribution < 1.29 is 18.3 Å². The van der Waals surface area contributed by atoms with Gasteiger partial charge in [0.25, 0.3) is 0 Å². The van der Waals surface area contributed by atoms with Crippen molar-refractivity contribution in [1.82, 2.24) is 5.32 Å². The number of fused-ring (bicyclic) bond motifs is 1. The molecule has 1 aromatic rings. The maximum Gasteiger partial charge on any atom is 0.151 e. The number of benzene rings is 1. The van der Waals surface area contributed by atoms with Crippen molar-refractivity contribution >= 4 is 9.84 Å². The minimum absolute atomic E-state index is 0.00310. The summed E-state index contributed by atoms with van der Waals surface area (Å²) in [5, 5.41) is 12.7. The van der Waals surface area contributed by atoms with E-state index in [0.717, 1.165) is 5.56 Å². The molecule has 3 rings (SSSR count). The molecule has 1 fully saturated rings. The predicted octanol–water partition coefficient (Wildman–Crippen LogP) is 0.602. The molecule has 0 spiro atoms. The van der Waals surface area contributed by atoms with Gasteiger partial charge in [0.15, 0.2) is 9.84 Å². The molecule has 0 bridgehead atoms. The van der Waals surface area contributed by atoms with Gasteiger partial charge < -0.3 is 15.2 Å². The number of hydrogen-bond acceptors (Lipinski definition) is 5. The van der Waals surface area contributed by atoms with E-state index in [0.29, 0.717) is 18.8 Å². The van der Waals surface area contributed by atoms with E-state index in [1.54, 1.807) is 12.1 Å². The Kier molecular flexibility index (Phi) is 2.71. The molecule has 2 aliphatic heterocycles.